The Morgan fingerprint density at radius 1 is 1.41 bits per heavy atom. The topological polar surface area (TPSA) is 24.9 Å². The molecule has 2 heterocycles. The Kier molecular flexibility index (Phi) is 4.73. The summed E-state index contributed by atoms with van der Waals surface area (Å²) in [5.41, 5.74) is 1.22. The predicted molar refractivity (Wildman–Crippen MR) is 79.5 cm³/mol. The van der Waals surface area contributed by atoms with Crippen LogP contribution in [0.25, 0.3) is 0 Å². The molecule has 0 fully saturated rings. The third-order valence-corrected chi connectivity index (χ3v) is 4.93. The maximum atomic E-state index is 4.19. The lowest BCUT2D eigenvalue weighted by atomic mass is 10.1. The minimum atomic E-state index is 0.320. The maximum Gasteiger partial charge on any atom is 0.0465 e. The van der Waals surface area contributed by atoms with E-state index in [2.05, 4.69) is 59.7 Å². The van der Waals surface area contributed by atoms with Crippen molar-refractivity contribution in [2.75, 3.05) is 7.05 Å². The van der Waals surface area contributed by atoms with E-state index in [9.17, 15) is 0 Å². The van der Waals surface area contributed by atoms with Crippen molar-refractivity contribution in [2.24, 2.45) is 0 Å². The minimum absolute atomic E-state index is 0.320. The van der Waals surface area contributed by atoms with Crippen LogP contribution in [-0.4, -0.2) is 12.0 Å². The highest BCUT2D eigenvalue weighted by molar-refractivity contribution is 9.10. The Hall–Kier alpha value is -0.230. The molecule has 17 heavy (non-hydrogen) atoms. The SMILES string of the molecule is CNC(Cc1cncc(Br)c1)c1sccc1Br. The summed E-state index contributed by atoms with van der Waals surface area (Å²) in [6, 6.07) is 4.52. The Balaban J connectivity index is 2.19. The number of nitrogens with zero attached hydrogens (tertiary/aromatic N) is 1. The van der Waals surface area contributed by atoms with E-state index in [1.165, 1.54) is 14.9 Å². The first kappa shape index (κ1) is 13.2. The van der Waals surface area contributed by atoms with Crippen LogP contribution in [0.1, 0.15) is 16.5 Å². The summed E-state index contributed by atoms with van der Waals surface area (Å²) in [5, 5.41) is 5.45. The molecule has 0 aliphatic heterocycles. The summed E-state index contributed by atoms with van der Waals surface area (Å²) in [7, 11) is 1.99. The van der Waals surface area contributed by atoms with Crippen molar-refractivity contribution < 1.29 is 0 Å². The second kappa shape index (κ2) is 6.09. The molecule has 1 N–H and O–H groups in total. The molecule has 90 valence electrons. The van der Waals surface area contributed by atoms with E-state index in [0.717, 1.165) is 10.9 Å². The lowest BCUT2D eigenvalue weighted by Crippen LogP contribution is -2.18. The van der Waals surface area contributed by atoms with Gasteiger partial charge in [0.05, 0.1) is 0 Å². The summed E-state index contributed by atoms with van der Waals surface area (Å²) >= 11 is 8.79. The van der Waals surface area contributed by atoms with E-state index < -0.39 is 0 Å². The molecule has 2 rings (SSSR count). The van der Waals surface area contributed by atoms with Crippen LogP contribution in [0, 0.1) is 0 Å². The molecule has 1 unspecified atom stereocenters. The molecule has 0 radical (unpaired) electrons. The fraction of sp³-hybridized carbons (Fsp3) is 0.250. The predicted octanol–water partition coefficient (Wildman–Crippen LogP) is 4.17. The third kappa shape index (κ3) is 3.37. The molecule has 0 amide bonds. The highest BCUT2D eigenvalue weighted by atomic mass is 79.9. The summed E-state index contributed by atoms with van der Waals surface area (Å²) in [4.78, 5) is 5.52. The molecule has 0 aliphatic carbocycles. The maximum absolute atomic E-state index is 4.19. The zero-order valence-corrected chi connectivity index (χ0v) is 13.3. The van der Waals surface area contributed by atoms with Gasteiger partial charge in [0, 0.05) is 32.3 Å². The Bertz CT molecular complexity index is 499. The molecule has 0 aromatic carbocycles. The molecule has 0 aliphatic rings. The van der Waals surface area contributed by atoms with Crippen molar-refractivity contribution in [2.45, 2.75) is 12.5 Å². The van der Waals surface area contributed by atoms with Gasteiger partial charge in [-0.1, -0.05) is 0 Å². The van der Waals surface area contributed by atoms with E-state index in [4.69, 9.17) is 0 Å². The summed E-state index contributed by atoms with van der Waals surface area (Å²) in [5.74, 6) is 0. The molecule has 0 saturated heterocycles. The second-order valence-corrected chi connectivity index (χ2v) is 6.41. The number of nitrogens with one attached hydrogen (secondary N) is 1. The first-order valence-electron chi connectivity index (χ1n) is 5.20. The van der Waals surface area contributed by atoms with Gasteiger partial charge in [-0.3, -0.25) is 4.98 Å². The smallest absolute Gasteiger partial charge is 0.0465 e. The van der Waals surface area contributed by atoms with E-state index in [1.807, 2.05) is 13.2 Å². The molecule has 2 nitrogen and oxygen atoms in total. The fourth-order valence-electron chi connectivity index (χ4n) is 1.68. The number of pyridine rings is 1. The number of likely N-dealkylation sites (N-methyl/N-ethyl adjacent to an activating group) is 1. The first-order chi connectivity index (χ1) is 8.20. The number of thiophene rings is 1. The van der Waals surface area contributed by atoms with Gasteiger partial charge in [0.1, 0.15) is 0 Å². The Morgan fingerprint density at radius 2 is 2.24 bits per heavy atom. The fourth-order valence-corrected chi connectivity index (χ4v) is 3.86. The zero-order valence-electron chi connectivity index (χ0n) is 9.28. The molecule has 1 atom stereocenters. The van der Waals surface area contributed by atoms with Gasteiger partial charge in [-0.05, 0) is 68.4 Å². The van der Waals surface area contributed by atoms with Crippen LogP contribution in [0.2, 0.25) is 0 Å². The van der Waals surface area contributed by atoms with Crippen molar-refractivity contribution >= 4 is 43.2 Å². The van der Waals surface area contributed by atoms with Crippen LogP contribution >= 0.6 is 43.2 Å². The quantitative estimate of drug-likeness (QED) is 0.867. The highest BCUT2D eigenvalue weighted by Crippen LogP contribution is 2.31. The summed E-state index contributed by atoms with van der Waals surface area (Å²) < 4.78 is 2.19. The van der Waals surface area contributed by atoms with Gasteiger partial charge in [0.25, 0.3) is 0 Å². The van der Waals surface area contributed by atoms with E-state index in [-0.39, 0.29) is 0 Å². The van der Waals surface area contributed by atoms with Crippen molar-refractivity contribution in [3.63, 3.8) is 0 Å². The normalized spacial score (nSPS) is 12.6. The average Bonchev–Trinajstić information content (AvgIpc) is 2.72. The van der Waals surface area contributed by atoms with E-state index in [0.29, 0.717) is 6.04 Å². The molecule has 5 heteroatoms. The van der Waals surface area contributed by atoms with Gasteiger partial charge in [0.15, 0.2) is 0 Å². The molecule has 0 saturated carbocycles. The van der Waals surface area contributed by atoms with Gasteiger partial charge in [-0.25, -0.2) is 0 Å². The molecular weight excluding hydrogens is 364 g/mol. The lowest BCUT2D eigenvalue weighted by molar-refractivity contribution is 0.599. The van der Waals surface area contributed by atoms with Gasteiger partial charge in [-0.15, -0.1) is 11.3 Å². The lowest BCUT2D eigenvalue weighted by Gasteiger charge is -2.15. The van der Waals surface area contributed by atoms with Crippen molar-refractivity contribution in [3.8, 4) is 0 Å². The summed E-state index contributed by atoms with van der Waals surface area (Å²) in [6.45, 7) is 0. The van der Waals surface area contributed by atoms with Crippen LogP contribution < -0.4 is 5.32 Å². The first-order valence-corrected chi connectivity index (χ1v) is 7.67. The van der Waals surface area contributed by atoms with Crippen LogP contribution in [0.15, 0.2) is 38.9 Å². The summed E-state index contributed by atoms with van der Waals surface area (Å²) in [6.07, 6.45) is 4.65. The number of hydrogen-bond acceptors (Lipinski definition) is 3. The molecule has 2 aromatic heterocycles. The van der Waals surface area contributed by atoms with Gasteiger partial charge < -0.3 is 5.32 Å². The van der Waals surface area contributed by atoms with Crippen LogP contribution in [0.5, 0.6) is 0 Å². The Labute approximate surface area is 122 Å². The van der Waals surface area contributed by atoms with E-state index >= 15 is 0 Å². The molecular formula is C12H12Br2N2S. The second-order valence-electron chi connectivity index (χ2n) is 3.69. The standard InChI is InChI=1S/C12H12Br2N2S/c1-15-11(12-10(14)2-3-17-12)5-8-4-9(13)7-16-6-8/h2-4,6-7,11,15H,5H2,1H3. The van der Waals surface area contributed by atoms with E-state index in [1.54, 1.807) is 17.5 Å². The van der Waals surface area contributed by atoms with Gasteiger partial charge in [0.2, 0.25) is 0 Å². The van der Waals surface area contributed by atoms with Crippen LogP contribution in [0.3, 0.4) is 0 Å². The van der Waals surface area contributed by atoms with Crippen molar-refractivity contribution in [3.05, 3.63) is 49.3 Å². The third-order valence-electron chi connectivity index (χ3n) is 2.51. The van der Waals surface area contributed by atoms with Crippen LogP contribution in [0.4, 0.5) is 0 Å². The number of rotatable bonds is 4. The number of halogens is 2. The Morgan fingerprint density at radius 3 is 2.82 bits per heavy atom. The molecule has 0 spiro atoms. The number of hydrogen-bond donors (Lipinski definition) is 1. The highest BCUT2D eigenvalue weighted by Gasteiger charge is 2.14. The minimum Gasteiger partial charge on any atom is -0.312 e. The van der Waals surface area contributed by atoms with Gasteiger partial charge in [-0.2, -0.15) is 0 Å². The number of aromatic nitrogens is 1. The zero-order chi connectivity index (χ0) is 12.3. The molecule has 2 aromatic rings. The largest absolute Gasteiger partial charge is 0.312 e. The van der Waals surface area contributed by atoms with Gasteiger partial charge >= 0.3 is 0 Å². The van der Waals surface area contributed by atoms with Crippen LogP contribution in [-0.2, 0) is 6.42 Å². The molecule has 0 bridgehead atoms. The monoisotopic (exact) mass is 374 g/mol. The van der Waals surface area contributed by atoms with Crippen molar-refractivity contribution in [1.29, 1.82) is 0 Å². The van der Waals surface area contributed by atoms with Crippen molar-refractivity contribution in [1.82, 2.24) is 10.3 Å². The average molecular weight is 376 g/mol.